The molecule has 3 aliphatic heterocycles. The number of phenolic OH excluding ortho intramolecular Hbond substituents is 2. The number of ketones is 1. The zero-order chi connectivity index (χ0) is 42.4. The second-order valence-electron chi connectivity index (χ2n) is 16.9. The van der Waals surface area contributed by atoms with Crippen LogP contribution in [0.2, 0.25) is 0 Å². The third-order valence-electron chi connectivity index (χ3n) is 12.6. The molecule has 3 aliphatic rings. The Morgan fingerprint density at radius 1 is 0.931 bits per heavy atom. The molecule has 0 spiro atoms. The van der Waals surface area contributed by atoms with Crippen molar-refractivity contribution in [3.63, 3.8) is 0 Å². The summed E-state index contributed by atoms with van der Waals surface area (Å²) in [5.41, 5.74) is 0.771. The Morgan fingerprint density at radius 3 is 2.34 bits per heavy atom. The number of allylic oxidation sites excluding steroid dienone is 5. The number of amides is 1. The summed E-state index contributed by atoms with van der Waals surface area (Å²) in [5, 5.41) is 39.1. The molecule has 1 fully saturated rings. The molecule has 12 nitrogen and oxygen atoms in total. The summed E-state index contributed by atoms with van der Waals surface area (Å²) in [6.07, 6.45) is 13.6. The van der Waals surface area contributed by atoms with E-state index in [4.69, 9.17) is 19.5 Å². The van der Waals surface area contributed by atoms with Gasteiger partial charge in [-0.3, -0.25) is 29.3 Å². The third-order valence-corrected chi connectivity index (χ3v) is 12.6. The summed E-state index contributed by atoms with van der Waals surface area (Å²) in [7, 11) is 3.56. The number of ether oxygens (including phenoxy) is 2. The van der Waals surface area contributed by atoms with Crippen molar-refractivity contribution in [1.29, 1.82) is 0 Å². The number of likely N-dealkylation sites (N-methyl/N-ethyl adjacent to an activating group) is 1. The SMILES string of the molecule is COc1c(C)c(O)c2c(O)c3c4c(c2c1C(=O)C/C=C/C[C@@H](C)[C@@H](OC(C)=O)[C@H](C)[C@H](O)[C@H](C)C[C@@H](C)/C=C/C=C(/C)C(=O)N3)=NCCC[C@H]1CCC[C@@H](CN=4)N1C. The smallest absolute Gasteiger partial charge is 0.302 e. The van der Waals surface area contributed by atoms with Gasteiger partial charge in [0, 0.05) is 54.4 Å². The first-order valence-electron chi connectivity index (χ1n) is 21.0. The number of esters is 1. The molecule has 0 saturated carbocycles. The molecular weight excluding hydrogens is 737 g/mol. The van der Waals surface area contributed by atoms with Gasteiger partial charge >= 0.3 is 5.97 Å². The molecule has 58 heavy (non-hydrogen) atoms. The van der Waals surface area contributed by atoms with Crippen LogP contribution in [0.3, 0.4) is 0 Å². The quantitative estimate of drug-likeness (QED) is 0.148. The van der Waals surface area contributed by atoms with Gasteiger partial charge in [0.1, 0.15) is 28.6 Å². The molecule has 0 aromatic heterocycles. The summed E-state index contributed by atoms with van der Waals surface area (Å²) in [6.45, 7) is 13.3. The number of hydrogen-bond acceptors (Lipinski definition) is 11. The zero-order valence-electron chi connectivity index (χ0n) is 35.8. The number of benzene rings is 2. The maximum absolute atomic E-state index is 14.5. The number of rotatable bonds is 2. The van der Waals surface area contributed by atoms with Crippen LogP contribution in [-0.4, -0.2) is 89.4 Å². The molecule has 3 heterocycles. The lowest BCUT2D eigenvalue weighted by Crippen LogP contribution is -2.45. The fourth-order valence-corrected chi connectivity index (χ4v) is 9.17. The Balaban J connectivity index is 1.77. The normalized spacial score (nSPS) is 30.4. The van der Waals surface area contributed by atoms with Crippen LogP contribution in [0, 0.1) is 30.6 Å². The lowest BCUT2D eigenvalue weighted by Gasteiger charge is -2.39. The minimum Gasteiger partial charge on any atom is -0.507 e. The Kier molecular flexibility index (Phi) is 15.0. The topological polar surface area (TPSA) is 170 Å². The number of aliphatic hydroxyl groups excluding tert-OH is 1. The molecule has 4 N–H and O–H groups in total. The number of anilines is 1. The Labute approximate surface area is 342 Å². The van der Waals surface area contributed by atoms with E-state index in [2.05, 4.69) is 17.3 Å². The number of fused-ring (bicyclic) bond motifs is 2. The van der Waals surface area contributed by atoms with Gasteiger partial charge in [0.25, 0.3) is 5.91 Å². The van der Waals surface area contributed by atoms with E-state index in [1.54, 1.807) is 26.0 Å². The van der Waals surface area contributed by atoms with Crippen molar-refractivity contribution in [2.24, 2.45) is 33.7 Å². The van der Waals surface area contributed by atoms with Crippen molar-refractivity contribution in [2.75, 3.05) is 32.6 Å². The van der Waals surface area contributed by atoms with Gasteiger partial charge in [0.2, 0.25) is 0 Å². The van der Waals surface area contributed by atoms with Crippen LogP contribution in [0.25, 0.3) is 10.8 Å². The molecule has 4 bridgehead atoms. The summed E-state index contributed by atoms with van der Waals surface area (Å²) in [4.78, 5) is 53.3. The summed E-state index contributed by atoms with van der Waals surface area (Å²) in [5.74, 6) is -2.42. The molecule has 316 valence electrons. The van der Waals surface area contributed by atoms with Crippen LogP contribution in [0.5, 0.6) is 17.2 Å². The monoisotopic (exact) mass is 800 g/mol. The predicted octanol–water partition coefficient (Wildman–Crippen LogP) is 6.65. The predicted molar refractivity (Wildman–Crippen MR) is 226 cm³/mol. The van der Waals surface area contributed by atoms with Gasteiger partial charge in [-0.2, -0.15) is 0 Å². The largest absolute Gasteiger partial charge is 0.507 e. The summed E-state index contributed by atoms with van der Waals surface area (Å²) >= 11 is 0. The fraction of sp³-hybridized carbons (Fsp3) is 0.587. The van der Waals surface area contributed by atoms with Gasteiger partial charge in [0.15, 0.2) is 11.5 Å². The number of Topliss-reactive ketones (excluding diaryl/α,β-unsaturated/α-hetero) is 1. The molecule has 12 heteroatoms. The molecule has 8 atom stereocenters. The van der Waals surface area contributed by atoms with E-state index in [9.17, 15) is 29.7 Å². The molecule has 2 aromatic rings. The molecule has 1 saturated heterocycles. The summed E-state index contributed by atoms with van der Waals surface area (Å²) < 4.78 is 11.7. The van der Waals surface area contributed by atoms with Crippen molar-refractivity contribution in [1.82, 2.24) is 4.90 Å². The molecule has 1 amide bonds. The number of carbonyl (C=O) groups excluding carboxylic acids is 3. The Bertz CT molecular complexity index is 2090. The van der Waals surface area contributed by atoms with Crippen molar-refractivity contribution >= 4 is 34.1 Å². The van der Waals surface area contributed by atoms with Gasteiger partial charge in [-0.05, 0) is 77.2 Å². The van der Waals surface area contributed by atoms with Crippen LogP contribution >= 0.6 is 0 Å². The number of hydrogen-bond donors (Lipinski definition) is 4. The highest BCUT2D eigenvalue weighted by molar-refractivity contribution is 6.16. The van der Waals surface area contributed by atoms with Gasteiger partial charge < -0.3 is 30.1 Å². The standard InChI is InChI=1S/C46H64N4O8/c1-25-15-12-17-27(3)46(56)49-40-39-38(47-22-14-20-32-18-13-19-33(24-48-39)50(32)8)36-35(45(57-9)30(6)42(54)37(36)43(40)55)34(52)21-11-10-16-26(2)44(58-31(7)51)29(5)41(53)28(4)23-25/h10-12,15,17,25-26,28-29,32-33,41,44,53-55H,13-14,16,18-24H2,1-9H3,(H,49,56)/b11-10+,15-12+,27-17-,47-38?,48-39?/t25-,26+,28+,29+,32+,33-,41+,44+/m0/s1. The Hall–Kier alpha value is -4.55. The van der Waals surface area contributed by atoms with Crippen LogP contribution in [0.4, 0.5) is 5.69 Å². The van der Waals surface area contributed by atoms with E-state index < -0.39 is 29.8 Å². The van der Waals surface area contributed by atoms with Crippen LogP contribution < -0.4 is 20.8 Å². The molecule has 2 aromatic carbocycles. The highest BCUT2D eigenvalue weighted by Crippen LogP contribution is 2.44. The zero-order valence-corrected chi connectivity index (χ0v) is 35.8. The van der Waals surface area contributed by atoms with E-state index in [1.807, 2.05) is 45.9 Å². The lowest BCUT2D eigenvalue weighted by atomic mass is 9.80. The second-order valence-corrected chi connectivity index (χ2v) is 16.9. The number of piperidine rings is 1. The third kappa shape index (κ3) is 9.66. The van der Waals surface area contributed by atoms with Crippen molar-refractivity contribution in [3.05, 3.63) is 57.8 Å². The average Bonchev–Trinajstić information content (AvgIpc) is 3.19. The number of aromatic hydroxyl groups is 2. The maximum atomic E-state index is 14.5. The number of aliphatic hydroxyl groups is 1. The van der Waals surface area contributed by atoms with E-state index in [0.717, 1.165) is 32.1 Å². The van der Waals surface area contributed by atoms with Crippen LogP contribution in [-0.2, 0) is 14.3 Å². The van der Waals surface area contributed by atoms with Gasteiger partial charge in [-0.15, -0.1) is 0 Å². The minimum absolute atomic E-state index is 0.0143. The first kappa shape index (κ1) is 44.6. The summed E-state index contributed by atoms with van der Waals surface area (Å²) in [6, 6.07) is 0.504. The molecule has 0 radical (unpaired) electrons. The molecule has 0 unspecified atom stereocenters. The second kappa shape index (κ2) is 19.5. The number of carbonyl (C=O) groups is 3. The van der Waals surface area contributed by atoms with Gasteiger partial charge in [0.05, 0.1) is 36.1 Å². The lowest BCUT2D eigenvalue weighted by molar-refractivity contribution is -0.156. The molecule has 5 rings (SSSR count). The highest BCUT2D eigenvalue weighted by Gasteiger charge is 2.35. The van der Waals surface area contributed by atoms with E-state index >= 15 is 0 Å². The molecule has 0 aliphatic carbocycles. The van der Waals surface area contributed by atoms with Gasteiger partial charge in [-0.1, -0.05) is 64.5 Å². The molecular formula is C46H64N4O8. The first-order valence-corrected chi connectivity index (χ1v) is 21.0. The van der Waals surface area contributed by atoms with Crippen molar-refractivity contribution < 1.29 is 39.2 Å². The van der Waals surface area contributed by atoms with Gasteiger partial charge in [-0.25, -0.2) is 0 Å². The number of phenols is 2. The van der Waals surface area contributed by atoms with Crippen LogP contribution in [0.15, 0.2) is 45.9 Å². The van der Waals surface area contributed by atoms with Crippen molar-refractivity contribution in [3.8, 4) is 17.2 Å². The highest BCUT2D eigenvalue weighted by atomic mass is 16.5. The number of methoxy groups -OCH3 is 1. The van der Waals surface area contributed by atoms with E-state index in [1.165, 1.54) is 14.0 Å². The van der Waals surface area contributed by atoms with E-state index in [0.29, 0.717) is 42.9 Å². The number of nitrogens with one attached hydrogen (secondary N) is 1. The Morgan fingerprint density at radius 2 is 1.64 bits per heavy atom. The first-order chi connectivity index (χ1) is 27.6. The fourth-order valence-electron chi connectivity index (χ4n) is 9.17. The average molecular weight is 801 g/mol. The minimum atomic E-state index is -0.754. The number of nitrogens with zero attached hydrogens (tertiary/aromatic N) is 3. The van der Waals surface area contributed by atoms with E-state index in [-0.39, 0.29) is 86.4 Å². The maximum Gasteiger partial charge on any atom is 0.302 e. The van der Waals surface area contributed by atoms with Crippen molar-refractivity contribution in [2.45, 2.75) is 124 Å². The van der Waals surface area contributed by atoms with Crippen LogP contribution in [0.1, 0.15) is 109 Å².